The molecule has 0 radical (unpaired) electrons. The Bertz CT molecular complexity index is 5180. The van der Waals surface area contributed by atoms with Crippen LogP contribution in [0.1, 0.15) is 27.5 Å². The third kappa shape index (κ3) is 7.01. The maximum atomic E-state index is 7.27. The van der Waals surface area contributed by atoms with E-state index in [0.29, 0.717) is 5.92 Å². The van der Waals surface area contributed by atoms with Crippen molar-refractivity contribution in [2.75, 3.05) is 0 Å². The van der Waals surface area contributed by atoms with Gasteiger partial charge in [-0.15, -0.1) is 22.7 Å². The van der Waals surface area contributed by atoms with Crippen LogP contribution in [0.15, 0.2) is 253 Å². The Morgan fingerprint density at radius 1 is 0.350 bits per heavy atom. The summed E-state index contributed by atoms with van der Waals surface area (Å²) < 4.78 is 11.2. The zero-order valence-electron chi connectivity index (χ0n) is 43.8. The SMILES string of the molecule is Cc1cccc(C2C=Cc3sc4ccc(-c5c6ccccc6c(-c6ccc7c(c6)oc6c(-c8c9ccccc9c(-c9ccc%10sc%11ccc(-c%12ccccc%12)cc%11c%10c9)c9ccccc89)cccc67)c6ccccc56)cc4c3C2)c1. The molecule has 3 heterocycles. The predicted octanol–water partition coefficient (Wildman–Crippen LogP) is 22.8. The Morgan fingerprint density at radius 3 is 1.44 bits per heavy atom. The quantitative estimate of drug-likeness (QED) is 0.151. The molecule has 3 heteroatoms. The van der Waals surface area contributed by atoms with Gasteiger partial charge in [0.25, 0.3) is 0 Å². The summed E-state index contributed by atoms with van der Waals surface area (Å²) in [6, 6.07) is 90.5. The van der Waals surface area contributed by atoms with Crippen LogP contribution in [0.4, 0.5) is 0 Å². The van der Waals surface area contributed by atoms with Gasteiger partial charge in [0.15, 0.2) is 0 Å². The monoisotopic (exact) mass is 1050 g/mol. The van der Waals surface area contributed by atoms with Crippen molar-refractivity contribution in [2.45, 2.75) is 19.3 Å². The average Bonchev–Trinajstić information content (AvgIpc) is 4.36. The molecule has 0 spiro atoms. The van der Waals surface area contributed by atoms with E-state index < -0.39 is 0 Å². The van der Waals surface area contributed by atoms with Gasteiger partial charge in [-0.1, -0.05) is 206 Å². The van der Waals surface area contributed by atoms with E-state index in [0.717, 1.165) is 39.5 Å². The molecule has 0 saturated heterocycles. The summed E-state index contributed by atoms with van der Waals surface area (Å²) in [5.74, 6) is 0.363. The first kappa shape index (κ1) is 45.6. The van der Waals surface area contributed by atoms with Gasteiger partial charge in [0, 0.05) is 57.6 Å². The minimum Gasteiger partial charge on any atom is -0.455 e. The number of furan rings is 1. The molecule has 16 aromatic rings. The molecule has 3 aromatic heterocycles. The molecule has 1 atom stereocenters. The fraction of sp³-hybridized carbons (Fsp3) is 0.0390. The maximum Gasteiger partial charge on any atom is 0.143 e. The van der Waals surface area contributed by atoms with E-state index in [1.54, 1.807) is 0 Å². The smallest absolute Gasteiger partial charge is 0.143 e. The van der Waals surface area contributed by atoms with Crippen molar-refractivity contribution in [1.82, 2.24) is 0 Å². The van der Waals surface area contributed by atoms with E-state index in [1.165, 1.54) is 139 Å². The lowest BCUT2D eigenvalue weighted by Crippen LogP contribution is -2.04. The van der Waals surface area contributed by atoms with E-state index in [9.17, 15) is 0 Å². The van der Waals surface area contributed by atoms with Crippen molar-refractivity contribution in [1.29, 1.82) is 0 Å². The number of para-hydroxylation sites is 1. The molecule has 0 fully saturated rings. The fourth-order valence-corrected chi connectivity index (χ4v) is 15.9. The average molecular weight is 1050 g/mol. The van der Waals surface area contributed by atoms with E-state index in [2.05, 4.69) is 262 Å². The highest BCUT2D eigenvalue weighted by Gasteiger charge is 2.25. The van der Waals surface area contributed by atoms with Crippen LogP contribution in [-0.4, -0.2) is 0 Å². The van der Waals surface area contributed by atoms with E-state index in [-0.39, 0.29) is 0 Å². The van der Waals surface area contributed by atoms with Crippen LogP contribution < -0.4 is 0 Å². The molecular formula is C77H48OS2. The number of benzene rings is 13. The molecule has 17 rings (SSSR count). The highest BCUT2D eigenvalue weighted by molar-refractivity contribution is 7.25. The molecule has 1 aliphatic carbocycles. The molecule has 80 heavy (non-hydrogen) atoms. The molecule has 0 saturated carbocycles. The third-order valence-corrected chi connectivity index (χ3v) is 19.6. The van der Waals surface area contributed by atoms with Gasteiger partial charge >= 0.3 is 0 Å². The van der Waals surface area contributed by atoms with Crippen molar-refractivity contribution < 1.29 is 4.42 Å². The zero-order valence-corrected chi connectivity index (χ0v) is 45.4. The Balaban J connectivity index is 0.807. The van der Waals surface area contributed by atoms with Gasteiger partial charge in [0.2, 0.25) is 0 Å². The zero-order chi connectivity index (χ0) is 52.6. The molecule has 13 aromatic carbocycles. The summed E-state index contributed by atoms with van der Waals surface area (Å²) >= 11 is 3.79. The van der Waals surface area contributed by atoms with E-state index >= 15 is 0 Å². The number of fused-ring (bicyclic) bond motifs is 13. The summed E-state index contributed by atoms with van der Waals surface area (Å²) in [7, 11) is 0. The second-order valence-corrected chi connectivity index (χ2v) is 24.0. The maximum absolute atomic E-state index is 7.27. The first-order valence-electron chi connectivity index (χ1n) is 27.7. The lowest BCUT2D eigenvalue weighted by Gasteiger charge is -2.19. The summed E-state index contributed by atoms with van der Waals surface area (Å²) in [5, 5.41) is 16.0. The molecule has 0 aliphatic heterocycles. The standard InChI is InChI=1S/C77H48OS2/c1-45-15-13-18-47(39-45)49-31-36-70-65(41-49)67-42-50(32-37-72(67)80-70)73-54-19-5-7-21-56(54)75(57-22-8-6-20-55(57)73)52-29-34-53-62-27-14-28-63(77(62)78-68(53)44-52)76-60-25-11-9-23-58(60)74(59-24-10-12-26-61(59)76)51-33-38-71-66(43-51)64-40-48(30-35-69(64)79-71)46-16-3-2-4-17-46/h2-40,42-44,49H,41H2,1H3. The second kappa shape index (κ2) is 17.8. The molecule has 1 unspecified atom stereocenters. The Labute approximate surface area is 470 Å². The highest BCUT2D eigenvalue weighted by Crippen LogP contribution is 2.51. The topological polar surface area (TPSA) is 13.1 Å². The summed E-state index contributed by atoms with van der Waals surface area (Å²) in [5.41, 5.74) is 18.1. The fourth-order valence-electron chi connectivity index (χ4n) is 13.7. The number of hydrogen-bond acceptors (Lipinski definition) is 3. The minimum atomic E-state index is 0.363. The molecule has 0 N–H and O–H groups in total. The van der Waals surface area contributed by atoms with Crippen molar-refractivity contribution in [3.05, 3.63) is 270 Å². The van der Waals surface area contributed by atoms with Crippen LogP contribution in [0.25, 0.3) is 157 Å². The van der Waals surface area contributed by atoms with Gasteiger partial charge in [-0.25, -0.2) is 0 Å². The van der Waals surface area contributed by atoms with Crippen molar-refractivity contribution in [3.8, 4) is 55.6 Å². The molecule has 0 bridgehead atoms. The van der Waals surface area contributed by atoms with Gasteiger partial charge < -0.3 is 4.42 Å². The number of aryl methyl sites for hydroxylation is 1. The van der Waals surface area contributed by atoms with Crippen LogP contribution >= 0.6 is 22.7 Å². The van der Waals surface area contributed by atoms with Gasteiger partial charge in [-0.05, 0) is 172 Å². The van der Waals surface area contributed by atoms with Crippen LogP contribution in [0.5, 0.6) is 0 Å². The lowest BCUT2D eigenvalue weighted by atomic mass is 9.84. The summed E-state index contributed by atoms with van der Waals surface area (Å²) in [6.45, 7) is 2.19. The molecule has 374 valence electrons. The van der Waals surface area contributed by atoms with Crippen LogP contribution in [0, 0.1) is 6.92 Å². The van der Waals surface area contributed by atoms with Crippen molar-refractivity contribution in [2.24, 2.45) is 0 Å². The number of rotatable bonds is 6. The van der Waals surface area contributed by atoms with Crippen LogP contribution in [-0.2, 0) is 6.42 Å². The first-order chi connectivity index (χ1) is 39.6. The van der Waals surface area contributed by atoms with Crippen LogP contribution in [0.3, 0.4) is 0 Å². The summed E-state index contributed by atoms with van der Waals surface area (Å²) in [4.78, 5) is 1.38. The van der Waals surface area contributed by atoms with Gasteiger partial charge in [-0.3, -0.25) is 0 Å². The predicted molar refractivity (Wildman–Crippen MR) is 346 cm³/mol. The van der Waals surface area contributed by atoms with Gasteiger partial charge in [0.05, 0.1) is 0 Å². The Morgan fingerprint density at radius 2 is 0.838 bits per heavy atom. The number of allylic oxidation sites excluding steroid dienone is 1. The Kier molecular flexibility index (Phi) is 10.2. The minimum absolute atomic E-state index is 0.363. The van der Waals surface area contributed by atoms with Gasteiger partial charge in [-0.2, -0.15) is 0 Å². The Hall–Kier alpha value is -9.38. The normalized spacial score (nSPS) is 13.6. The first-order valence-corrected chi connectivity index (χ1v) is 29.4. The summed E-state index contributed by atoms with van der Waals surface area (Å²) in [6.07, 6.45) is 5.78. The molecule has 0 amide bonds. The third-order valence-electron chi connectivity index (χ3n) is 17.3. The van der Waals surface area contributed by atoms with Crippen molar-refractivity contribution >= 4 is 124 Å². The highest BCUT2D eigenvalue weighted by atomic mass is 32.1. The number of hydrogen-bond donors (Lipinski definition) is 0. The van der Waals surface area contributed by atoms with E-state index in [4.69, 9.17) is 4.42 Å². The molecule has 1 nitrogen and oxygen atoms in total. The molecule has 1 aliphatic rings. The van der Waals surface area contributed by atoms with Crippen LogP contribution in [0.2, 0.25) is 0 Å². The van der Waals surface area contributed by atoms with Crippen molar-refractivity contribution in [3.63, 3.8) is 0 Å². The molecular weight excluding hydrogens is 1000 g/mol. The van der Waals surface area contributed by atoms with E-state index in [1.807, 2.05) is 22.7 Å². The number of thiophene rings is 2. The largest absolute Gasteiger partial charge is 0.455 e. The second-order valence-electron chi connectivity index (χ2n) is 21.8. The lowest BCUT2D eigenvalue weighted by molar-refractivity contribution is 0.670. The van der Waals surface area contributed by atoms with Gasteiger partial charge in [0.1, 0.15) is 11.2 Å².